The maximum Gasteiger partial charge on any atom is 0.416 e. The van der Waals surface area contributed by atoms with Crippen LogP contribution < -0.4 is 11.2 Å². The van der Waals surface area contributed by atoms with Gasteiger partial charge in [0, 0.05) is 6.20 Å². The quantitative estimate of drug-likeness (QED) is 0.441. The summed E-state index contributed by atoms with van der Waals surface area (Å²) in [6.07, 6.45) is -3.27. The largest absolute Gasteiger partial charge is 0.506 e. The lowest BCUT2D eigenvalue weighted by molar-refractivity contribution is -0.137. The number of pyridine rings is 2. The zero-order chi connectivity index (χ0) is 20.2. The number of rotatable bonds is 1. The molecule has 0 aliphatic carbocycles. The van der Waals surface area contributed by atoms with E-state index in [-0.39, 0.29) is 32.2 Å². The molecule has 10 heteroatoms. The molecular weight excluding hydrogens is 445 g/mol. The van der Waals surface area contributed by atoms with E-state index >= 15 is 0 Å². The minimum atomic E-state index is -4.61. The van der Waals surface area contributed by atoms with Crippen LogP contribution in [0.4, 0.5) is 13.2 Å². The van der Waals surface area contributed by atoms with Crippen molar-refractivity contribution in [1.82, 2.24) is 9.55 Å². The summed E-state index contributed by atoms with van der Waals surface area (Å²) in [6, 6.07) is 7.11. The number of alkyl halides is 3. The Balaban J connectivity index is 2.23. The normalized spacial score (nSPS) is 12.0. The summed E-state index contributed by atoms with van der Waals surface area (Å²) in [7, 11) is 0. The Morgan fingerprint density at radius 2 is 1.89 bits per heavy atom. The molecule has 0 saturated heterocycles. The van der Waals surface area contributed by atoms with Gasteiger partial charge in [-0.3, -0.25) is 9.36 Å². The molecule has 0 aliphatic heterocycles. The van der Waals surface area contributed by atoms with E-state index in [1.165, 1.54) is 24.4 Å². The smallest absolute Gasteiger partial charge is 0.416 e. The number of aromatic hydroxyl groups is 1. The number of nitrogens with zero attached hydrogens (tertiary/aromatic N) is 2. The van der Waals surface area contributed by atoms with Gasteiger partial charge in [-0.15, -0.1) is 0 Å². The van der Waals surface area contributed by atoms with Gasteiger partial charge < -0.3 is 9.52 Å². The van der Waals surface area contributed by atoms with Gasteiger partial charge in [-0.1, -0.05) is 6.07 Å². The molecule has 1 aromatic carbocycles. The molecule has 1 N–H and O–H groups in total. The molecule has 0 spiro atoms. The average molecular weight is 453 g/mol. The number of aromatic nitrogens is 2. The van der Waals surface area contributed by atoms with Crippen molar-refractivity contribution in [3.63, 3.8) is 0 Å². The Kier molecular flexibility index (Phi) is 4.03. The van der Waals surface area contributed by atoms with Crippen molar-refractivity contribution < 1.29 is 22.7 Å². The first kappa shape index (κ1) is 18.2. The third-order valence-electron chi connectivity index (χ3n) is 4.14. The van der Waals surface area contributed by atoms with Crippen LogP contribution in [-0.4, -0.2) is 14.7 Å². The molecule has 0 aliphatic rings. The van der Waals surface area contributed by atoms with Crippen molar-refractivity contribution in [2.75, 3.05) is 0 Å². The van der Waals surface area contributed by atoms with Gasteiger partial charge >= 0.3 is 11.8 Å². The number of hydrogen-bond acceptors (Lipinski definition) is 5. The highest BCUT2D eigenvalue weighted by Gasteiger charge is 2.31. The van der Waals surface area contributed by atoms with E-state index in [4.69, 9.17) is 4.42 Å². The topological polar surface area (TPSA) is 85.3 Å². The van der Waals surface area contributed by atoms with Crippen LogP contribution in [0.15, 0.2) is 61.1 Å². The highest BCUT2D eigenvalue weighted by atomic mass is 79.9. The van der Waals surface area contributed by atoms with Crippen LogP contribution in [0.2, 0.25) is 0 Å². The second kappa shape index (κ2) is 6.20. The van der Waals surface area contributed by atoms with Gasteiger partial charge in [0.15, 0.2) is 17.0 Å². The summed E-state index contributed by atoms with van der Waals surface area (Å²) >= 11 is 2.85. The first-order valence-electron chi connectivity index (χ1n) is 7.73. The fraction of sp³-hybridized carbons (Fsp3) is 0.0556. The Morgan fingerprint density at radius 1 is 1.14 bits per heavy atom. The van der Waals surface area contributed by atoms with Gasteiger partial charge in [0.05, 0.1) is 16.6 Å². The summed E-state index contributed by atoms with van der Waals surface area (Å²) < 4.78 is 45.0. The molecule has 0 unspecified atom stereocenters. The van der Waals surface area contributed by atoms with Crippen molar-refractivity contribution >= 4 is 37.9 Å². The summed E-state index contributed by atoms with van der Waals surface area (Å²) in [4.78, 5) is 29.0. The van der Waals surface area contributed by atoms with Crippen LogP contribution in [-0.2, 0) is 6.18 Å². The predicted octanol–water partition coefficient (Wildman–Crippen LogP) is 3.98. The predicted molar refractivity (Wildman–Crippen MR) is 97.7 cm³/mol. The van der Waals surface area contributed by atoms with Gasteiger partial charge in [0.1, 0.15) is 9.86 Å². The molecule has 0 radical (unpaired) electrons. The number of hydrogen-bond donors (Lipinski definition) is 1. The molecular formula is C18H8BrF3N2O4. The third kappa shape index (κ3) is 2.68. The fourth-order valence-electron chi connectivity index (χ4n) is 2.91. The summed E-state index contributed by atoms with van der Waals surface area (Å²) in [5.41, 5.74) is -3.08. The number of benzene rings is 1. The van der Waals surface area contributed by atoms with Crippen LogP contribution in [0.25, 0.3) is 27.7 Å². The summed E-state index contributed by atoms with van der Waals surface area (Å²) in [5, 5.41) is 10.1. The van der Waals surface area contributed by atoms with Gasteiger partial charge in [-0.25, -0.2) is 9.78 Å². The Morgan fingerprint density at radius 3 is 2.61 bits per heavy atom. The van der Waals surface area contributed by atoms with E-state index in [0.29, 0.717) is 0 Å². The van der Waals surface area contributed by atoms with Gasteiger partial charge in [-0.2, -0.15) is 13.2 Å². The average Bonchev–Trinajstić information content (AvgIpc) is 2.65. The van der Waals surface area contributed by atoms with Gasteiger partial charge in [0.25, 0.3) is 5.56 Å². The van der Waals surface area contributed by atoms with Crippen LogP contribution in [0, 0.1) is 0 Å². The molecule has 3 heterocycles. The second-order valence-electron chi connectivity index (χ2n) is 5.82. The third-order valence-corrected chi connectivity index (χ3v) is 4.84. The molecule has 4 rings (SSSR count). The highest BCUT2D eigenvalue weighted by Crippen LogP contribution is 2.33. The van der Waals surface area contributed by atoms with E-state index in [1.54, 1.807) is 0 Å². The molecule has 4 aromatic rings. The van der Waals surface area contributed by atoms with Crippen LogP contribution in [0.1, 0.15) is 5.56 Å². The van der Waals surface area contributed by atoms with E-state index < -0.39 is 28.7 Å². The monoisotopic (exact) mass is 452 g/mol. The molecule has 28 heavy (non-hydrogen) atoms. The Hall–Kier alpha value is -3.14. The maximum absolute atomic E-state index is 13.1. The van der Waals surface area contributed by atoms with E-state index in [2.05, 4.69) is 20.9 Å². The van der Waals surface area contributed by atoms with Crippen LogP contribution >= 0.6 is 15.9 Å². The standard InChI is InChI=1S/C18H8BrF3N2O4/c19-12-13(25)11-14(28-17(12)27)10-5-2-6-23-15(10)24(16(11)26)9-4-1-3-8(7-9)18(20,21)22/h1-7,25H. The molecule has 6 nitrogen and oxygen atoms in total. The molecule has 0 fully saturated rings. The molecule has 142 valence electrons. The molecule has 0 amide bonds. The minimum Gasteiger partial charge on any atom is -0.506 e. The van der Waals surface area contributed by atoms with E-state index in [1.807, 2.05) is 0 Å². The first-order valence-corrected chi connectivity index (χ1v) is 8.52. The molecule has 0 atom stereocenters. The lowest BCUT2D eigenvalue weighted by atomic mass is 10.1. The number of halogens is 4. The fourth-order valence-corrected chi connectivity index (χ4v) is 3.19. The molecule has 3 aromatic heterocycles. The first-order chi connectivity index (χ1) is 13.2. The molecule has 0 bridgehead atoms. The van der Waals surface area contributed by atoms with E-state index in [0.717, 1.165) is 22.8 Å². The van der Waals surface area contributed by atoms with Gasteiger partial charge in [0.2, 0.25) is 0 Å². The van der Waals surface area contributed by atoms with Crippen molar-refractivity contribution in [1.29, 1.82) is 0 Å². The van der Waals surface area contributed by atoms with Crippen molar-refractivity contribution in [3.05, 3.63) is 73.4 Å². The zero-order valence-electron chi connectivity index (χ0n) is 13.6. The van der Waals surface area contributed by atoms with Crippen LogP contribution in [0.3, 0.4) is 0 Å². The SMILES string of the molecule is O=c1oc2c(c(O)c1Br)c(=O)n(-c1cccc(C(F)(F)F)c1)c1ncccc21. The summed E-state index contributed by atoms with van der Waals surface area (Å²) in [6.45, 7) is 0. The minimum absolute atomic E-state index is 0.0239. The van der Waals surface area contributed by atoms with Gasteiger partial charge in [-0.05, 0) is 46.3 Å². The summed E-state index contributed by atoms with van der Waals surface area (Å²) in [5.74, 6) is -0.664. The van der Waals surface area contributed by atoms with E-state index in [9.17, 15) is 27.9 Å². The van der Waals surface area contributed by atoms with Crippen LogP contribution in [0.5, 0.6) is 5.75 Å². The Bertz CT molecular complexity index is 1380. The van der Waals surface area contributed by atoms with Crippen molar-refractivity contribution in [3.8, 4) is 11.4 Å². The van der Waals surface area contributed by atoms with Crippen molar-refractivity contribution in [2.45, 2.75) is 6.18 Å². The second-order valence-corrected chi connectivity index (χ2v) is 6.61. The lowest BCUT2D eigenvalue weighted by Gasteiger charge is -2.14. The maximum atomic E-state index is 13.1. The number of fused-ring (bicyclic) bond motifs is 3. The Labute approximate surface area is 161 Å². The van der Waals surface area contributed by atoms with Crippen molar-refractivity contribution in [2.24, 2.45) is 0 Å². The highest BCUT2D eigenvalue weighted by molar-refractivity contribution is 9.10. The lowest BCUT2D eigenvalue weighted by Crippen LogP contribution is -2.21. The molecule has 0 saturated carbocycles. The zero-order valence-corrected chi connectivity index (χ0v) is 15.2.